The molecule has 0 aliphatic heterocycles. The number of para-hydroxylation sites is 1. The van der Waals surface area contributed by atoms with Crippen molar-refractivity contribution in [3.05, 3.63) is 78.4 Å². The maximum absolute atomic E-state index is 12.3. The fourth-order valence-corrected chi connectivity index (χ4v) is 4.64. The van der Waals surface area contributed by atoms with Crippen LogP contribution in [0.5, 0.6) is 23.0 Å². The molecule has 2 N–H and O–H groups in total. The molecule has 0 radical (unpaired) electrons. The Morgan fingerprint density at radius 3 is 2.40 bits per heavy atom. The Bertz CT molecular complexity index is 1250. The van der Waals surface area contributed by atoms with Gasteiger partial charge in [-0.1, -0.05) is 47.4 Å². The fourth-order valence-electron chi connectivity index (χ4n) is 3.04. The Kier molecular flexibility index (Phi) is 8.42. The molecule has 0 unspecified atom stereocenters. The van der Waals surface area contributed by atoms with E-state index in [2.05, 4.69) is 20.8 Å². The van der Waals surface area contributed by atoms with Crippen LogP contribution < -0.4 is 24.8 Å². The zero-order valence-electron chi connectivity index (χ0n) is 19.2. The lowest BCUT2D eigenvalue weighted by molar-refractivity contribution is -0.118. The van der Waals surface area contributed by atoms with E-state index in [1.807, 2.05) is 72.8 Å². The molecule has 4 aromatic rings. The van der Waals surface area contributed by atoms with Crippen molar-refractivity contribution >= 4 is 39.8 Å². The van der Waals surface area contributed by atoms with Gasteiger partial charge < -0.3 is 24.8 Å². The van der Waals surface area contributed by atoms with Crippen molar-refractivity contribution in [1.29, 1.82) is 0 Å². The summed E-state index contributed by atoms with van der Waals surface area (Å²) < 4.78 is 17.0. The first-order chi connectivity index (χ1) is 17.1. The third kappa shape index (κ3) is 7.11. The number of hydrogen-bond acceptors (Lipinski definition) is 9. The van der Waals surface area contributed by atoms with Crippen LogP contribution in [0.25, 0.3) is 0 Å². The van der Waals surface area contributed by atoms with Gasteiger partial charge in [0, 0.05) is 12.2 Å². The minimum absolute atomic E-state index is 0.0940. The number of carbonyl (C=O) groups is 1. The first kappa shape index (κ1) is 24.4. The molecule has 0 bridgehead atoms. The molecule has 0 saturated carbocycles. The number of ether oxygens (including phenoxy) is 3. The lowest BCUT2D eigenvalue weighted by Crippen LogP contribution is -2.24. The number of anilines is 2. The number of methoxy groups -OCH3 is 2. The lowest BCUT2D eigenvalue weighted by Gasteiger charge is -2.10. The van der Waals surface area contributed by atoms with Gasteiger partial charge in [0.1, 0.15) is 11.5 Å². The van der Waals surface area contributed by atoms with E-state index in [0.717, 1.165) is 22.7 Å². The number of hydrogen-bond donors (Lipinski definition) is 2. The van der Waals surface area contributed by atoms with Crippen LogP contribution in [0.3, 0.4) is 0 Å². The highest BCUT2D eigenvalue weighted by atomic mass is 32.2. The molecule has 0 aliphatic rings. The Hall–Kier alpha value is -3.76. The molecule has 1 aromatic heterocycles. The molecule has 1 heterocycles. The molecule has 35 heavy (non-hydrogen) atoms. The summed E-state index contributed by atoms with van der Waals surface area (Å²) in [4.78, 5) is 12.3. The van der Waals surface area contributed by atoms with E-state index < -0.39 is 0 Å². The maximum atomic E-state index is 12.3. The van der Waals surface area contributed by atoms with Crippen LogP contribution in [0.2, 0.25) is 0 Å². The number of thioether (sulfide) groups is 1. The van der Waals surface area contributed by atoms with E-state index in [9.17, 15) is 4.79 Å². The number of aromatic nitrogens is 2. The van der Waals surface area contributed by atoms with Gasteiger partial charge in [-0.2, -0.15) is 0 Å². The van der Waals surface area contributed by atoms with Crippen molar-refractivity contribution in [2.75, 3.05) is 25.3 Å². The van der Waals surface area contributed by atoms with Gasteiger partial charge in [0.2, 0.25) is 11.0 Å². The fraction of sp³-hybridized carbons (Fsp3) is 0.160. The summed E-state index contributed by atoms with van der Waals surface area (Å²) >= 11 is 2.73. The first-order valence-corrected chi connectivity index (χ1v) is 12.5. The van der Waals surface area contributed by atoms with Crippen LogP contribution in [0, 0.1) is 0 Å². The molecule has 0 spiro atoms. The quantitative estimate of drug-likeness (QED) is 0.257. The average Bonchev–Trinajstić information content (AvgIpc) is 3.35. The zero-order valence-corrected chi connectivity index (χ0v) is 20.8. The molecular weight excluding hydrogens is 484 g/mol. The summed E-state index contributed by atoms with van der Waals surface area (Å²) in [6.07, 6.45) is 0. The SMILES string of the molecule is COc1ccc(CNC(=O)CSc2nnc(Nc3ccc(Oc4ccccc4)cc3)s2)cc1OC. The van der Waals surface area contributed by atoms with E-state index >= 15 is 0 Å². The van der Waals surface area contributed by atoms with Crippen LogP contribution in [0.4, 0.5) is 10.8 Å². The highest BCUT2D eigenvalue weighted by Gasteiger charge is 2.10. The van der Waals surface area contributed by atoms with Gasteiger partial charge in [-0.3, -0.25) is 4.79 Å². The lowest BCUT2D eigenvalue weighted by atomic mass is 10.2. The van der Waals surface area contributed by atoms with Gasteiger partial charge in [0.25, 0.3) is 0 Å². The molecule has 10 heteroatoms. The summed E-state index contributed by atoms with van der Waals surface area (Å²) in [5.41, 5.74) is 1.79. The van der Waals surface area contributed by atoms with Gasteiger partial charge in [-0.15, -0.1) is 10.2 Å². The second-order valence-corrected chi connectivity index (χ2v) is 9.39. The predicted molar refractivity (Wildman–Crippen MR) is 138 cm³/mol. The van der Waals surface area contributed by atoms with Crippen molar-refractivity contribution in [2.45, 2.75) is 10.9 Å². The number of nitrogens with zero attached hydrogens (tertiary/aromatic N) is 2. The molecule has 0 atom stereocenters. The monoisotopic (exact) mass is 508 g/mol. The second-order valence-electron chi connectivity index (χ2n) is 7.19. The Morgan fingerprint density at radius 2 is 1.66 bits per heavy atom. The molecule has 4 rings (SSSR count). The summed E-state index contributed by atoms with van der Waals surface area (Å²) in [6.45, 7) is 0.395. The van der Waals surface area contributed by atoms with E-state index in [-0.39, 0.29) is 11.7 Å². The van der Waals surface area contributed by atoms with Crippen molar-refractivity contribution in [1.82, 2.24) is 15.5 Å². The first-order valence-electron chi connectivity index (χ1n) is 10.7. The van der Waals surface area contributed by atoms with Gasteiger partial charge in [0.15, 0.2) is 15.8 Å². The number of amides is 1. The van der Waals surface area contributed by atoms with Gasteiger partial charge in [-0.25, -0.2) is 0 Å². The molecule has 0 fully saturated rings. The van der Waals surface area contributed by atoms with E-state index in [1.54, 1.807) is 14.2 Å². The van der Waals surface area contributed by atoms with Crippen LogP contribution in [0.1, 0.15) is 5.56 Å². The summed E-state index contributed by atoms with van der Waals surface area (Å²) in [5, 5.41) is 15.1. The molecule has 1 amide bonds. The molecule has 180 valence electrons. The highest BCUT2D eigenvalue weighted by molar-refractivity contribution is 8.01. The largest absolute Gasteiger partial charge is 0.493 e. The van der Waals surface area contributed by atoms with Gasteiger partial charge in [-0.05, 0) is 54.1 Å². The maximum Gasteiger partial charge on any atom is 0.230 e. The van der Waals surface area contributed by atoms with E-state index in [0.29, 0.717) is 27.5 Å². The van der Waals surface area contributed by atoms with Gasteiger partial charge in [0.05, 0.1) is 20.0 Å². The number of carbonyl (C=O) groups excluding carboxylic acids is 1. The van der Waals surface area contributed by atoms with Crippen molar-refractivity contribution < 1.29 is 19.0 Å². The molecule has 0 saturated heterocycles. The van der Waals surface area contributed by atoms with E-state index in [4.69, 9.17) is 14.2 Å². The van der Waals surface area contributed by atoms with E-state index in [1.165, 1.54) is 23.1 Å². The Balaban J connectivity index is 1.23. The van der Waals surface area contributed by atoms with Crippen molar-refractivity contribution in [3.8, 4) is 23.0 Å². The Labute approximate surface area is 211 Å². The van der Waals surface area contributed by atoms with Gasteiger partial charge >= 0.3 is 0 Å². The third-order valence-electron chi connectivity index (χ3n) is 4.76. The number of nitrogens with one attached hydrogen (secondary N) is 2. The summed E-state index contributed by atoms with van der Waals surface area (Å²) in [7, 11) is 3.17. The number of rotatable bonds is 11. The van der Waals surface area contributed by atoms with Crippen LogP contribution >= 0.6 is 23.1 Å². The molecular formula is C25H24N4O4S2. The number of benzene rings is 3. The van der Waals surface area contributed by atoms with Crippen LogP contribution in [-0.4, -0.2) is 36.1 Å². The minimum Gasteiger partial charge on any atom is -0.493 e. The normalized spacial score (nSPS) is 10.5. The standard InChI is InChI=1S/C25H24N4O4S2/c1-31-21-13-8-17(14-22(21)32-2)15-26-23(30)16-34-25-29-28-24(35-25)27-18-9-11-20(12-10-18)33-19-6-4-3-5-7-19/h3-14H,15-16H2,1-2H3,(H,26,30)(H,27,28). The third-order valence-corrected chi connectivity index (χ3v) is 6.73. The van der Waals surface area contributed by atoms with Crippen LogP contribution in [0.15, 0.2) is 77.1 Å². The second kappa shape index (κ2) is 12.1. The minimum atomic E-state index is -0.0940. The summed E-state index contributed by atoms with van der Waals surface area (Å²) in [5.74, 6) is 2.95. The zero-order chi connectivity index (χ0) is 24.5. The summed E-state index contributed by atoms with van der Waals surface area (Å²) in [6, 6.07) is 22.7. The van der Waals surface area contributed by atoms with Crippen molar-refractivity contribution in [2.24, 2.45) is 0 Å². The smallest absolute Gasteiger partial charge is 0.230 e. The highest BCUT2D eigenvalue weighted by Crippen LogP contribution is 2.30. The molecule has 8 nitrogen and oxygen atoms in total. The molecule has 3 aromatic carbocycles. The Morgan fingerprint density at radius 1 is 0.914 bits per heavy atom. The van der Waals surface area contributed by atoms with Crippen molar-refractivity contribution in [3.63, 3.8) is 0 Å². The average molecular weight is 509 g/mol. The predicted octanol–water partition coefficient (Wildman–Crippen LogP) is 5.50. The molecule has 0 aliphatic carbocycles. The van der Waals surface area contributed by atoms with Crippen LogP contribution in [-0.2, 0) is 11.3 Å². The topological polar surface area (TPSA) is 94.6 Å².